The van der Waals surface area contributed by atoms with Crippen LogP contribution in [0.3, 0.4) is 0 Å². The van der Waals surface area contributed by atoms with E-state index in [2.05, 4.69) is 24.4 Å². The van der Waals surface area contributed by atoms with E-state index in [0.717, 1.165) is 38.5 Å². The number of ether oxygens (including phenoxy) is 1. The van der Waals surface area contributed by atoms with E-state index < -0.39 is 18.0 Å². The third-order valence-electron chi connectivity index (χ3n) is 3.77. The maximum atomic E-state index is 11.8. The molecule has 3 N–H and O–H groups in total. The smallest absolute Gasteiger partial charge is 0.407 e. The minimum absolute atomic E-state index is 0.0623. The highest BCUT2D eigenvalue weighted by Gasteiger charge is 2.12. The van der Waals surface area contributed by atoms with Crippen LogP contribution in [0.1, 0.15) is 51.0 Å². The summed E-state index contributed by atoms with van der Waals surface area (Å²) >= 11 is 0. The zero-order valence-corrected chi connectivity index (χ0v) is 15.1. The van der Waals surface area contributed by atoms with Gasteiger partial charge in [-0.1, -0.05) is 68.7 Å². The van der Waals surface area contributed by atoms with Crippen LogP contribution in [0.15, 0.2) is 42.5 Å². The van der Waals surface area contributed by atoms with Gasteiger partial charge in [-0.3, -0.25) is 4.79 Å². The van der Waals surface area contributed by atoms with Crippen molar-refractivity contribution in [2.45, 2.75) is 57.9 Å². The summed E-state index contributed by atoms with van der Waals surface area (Å²) in [6.07, 6.45) is 9.24. The third kappa shape index (κ3) is 11.0. The molecule has 5 nitrogen and oxygen atoms in total. The van der Waals surface area contributed by atoms with Gasteiger partial charge in [-0.15, -0.1) is 0 Å². The highest BCUT2D eigenvalue weighted by molar-refractivity contribution is 5.76. The van der Waals surface area contributed by atoms with Crippen LogP contribution in [0.5, 0.6) is 0 Å². The van der Waals surface area contributed by atoms with Crippen molar-refractivity contribution < 1.29 is 14.3 Å². The van der Waals surface area contributed by atoms with Gasteiger partial charge < -0.3 is 15.8 Å². The van der Waals surface area contributed by atoms with Crippen molar-refractivity contribution in [3.8, 4) is 0 Å². The molecule has 0 radical (unpaired) electrons. The minimum atomic E-state index is -0.504. The summed E-state index contributed by atoms with van der Waals surface area (Å²) in [6, 6.07) is 9.71. The van der Waals surface area contributed by atoms with Gasteiger partial charge in [0.05, 0.1) is 19.1 Å². The topological polar surface area (TPSA) is 81.4 Å². The van der Waals surface area contributed by atoms with E-state index in [1.165, 1.54) is 5.56 Å². The number of nitrogens with one attached hydrogen (secondary N) is 1. The zero-order chi connectivity index (χ0) is 18.3. The molecule has 5 heteroatoms. The van der Waals surface area contributed by atoms with Gasteiger partial charge in [0.25, 0.3) is 0 Å². The number of hydrogen-bond donors (Lipinski definition) is 2. The normalized spacial score (nSPS) is 12.0. The number of unbranched alkanes of at least 4 members (excludes halogenated alkanes) is 3. The zero-order valence-electron chi connectivity index (χ0n) is 15.1. The second-order valence-electron chi connectivity index (χ2n) is 6.07. The lowest BCUT2D eigenvalue weighted by Gasteiger charge is -2.13. The Morgan fingerprint density at radius 1 is 1.20 bits per heavy atom. The molecule has 1 aromatic rings. The predicted octanol–water partition coefficient (Wildman–Crippen LogP) is 3.73. The van der Waals surface area contributed by atoms with Crippen molar-refractivity contribution in [1.29, 1.82) is 0 Å². The first-order valence-electron chi connectivity index (χ1n) is 9.04. The summed E-state index contributed by atoms with van der Waals surface area (Å²) in [6.45, 7) is 2.53. The van der Waals surface area contributed by atoms with Gasteiger partial charge >= 0.3 is 6.09 Å². The number of benzene rings is 1. The van der Waals surface area contributed by atoms with Crippen LogP contribution in [0.25, 0.3) is 0 Å². The molecule has 0 saturated carbocycles. The van der Waals surface area contributed by atoms with Gasteiger partial charge in [0.1, 0.15) is 0 Å². The number of rotatable bonds is 12. The SMILES string of the molecule is CCCCCCOC(=O)N[C@@H](/C=C\CCc1ccccc1)CC(N)=O. The number of amides is 2. The average Bonchev–Trinajstić information content (AvgIpc) is 2.59. The highest BCUT2D eigenvalue weighted by atomic mass is 16.5. The molecule has 0 aliphatic carbocycles. The number of aryl methyl sites for hydroxylation is 1. The van der Waals surface area contributed by atoms with Gasteiger partial charge in [0.2, 0.25) is 5.91 Å². The van der Waals surface area contributed by atoms with E-state index in [4.69, 9.17) is 10.5 Å². The van der Waals surface area contributed by atoms with Crippen LogP contribution < -0.4 is 11.1 Å². The van der Waals surface area contributed by atoms with Crippen LogP contribution in [-0.2, 0) is 16.0 Å². The number of carbonyl (C=O) groups excluding carboxylic acids is 2. The molecular weight excluding hydrogens is 316 g/mol. The summed E-state index contributed by atoms with van der Waals surface area (Å²) in [5, 5.41) is 2.69. The molecule has 0 unspecified atom stereocenters. The molecule has 0 aliphatic rings. The van der Waals surface area contributed by atoms with E-state index >= 15 is 0 Å². The number of primary amides is 1. The minimum Gasteiger partial charge on any atom is -0.450 e. The number of allylic oxidation sites excluding steroid dienone is 1. The Kier molecular flexibility index (Phi) is 10.8. The predicted molar refractivity (Wildman–Crippen MR) is 100 cm³/mol. The van der Waals surface area contributed by atoms with E-state index in [0.29, 0.717) is 6.61 Å². The van der Waals surface area contributed by atoms with Crippen LogP contribution in [-0.4, -0.2) is 24.6 Å². The van der Waals surface area contributed by atoms with Crippen LogP contribution in [0.4, 0.5) is 4.79 Å². The molecule has 0 aromatic heterocycles. The summed E-state index contributed by atoms with van der Waals surface area (Å²) in [5.41, 5.74) is 6.50. The average molecular weight is 346 g/mol. The van der Waals surface area contributed by atoms with E-state index in [9.17, 15) is 9.59 Å². The van der Waals surface area contributed by atoms with Crippen LogP contribution >= 0.6 is 0 Å². The molecule has 0 heterocycles. The lowest BCUT2D eigenvalue weighted by Crippen LogP contribution is -2.37. The number of carbonyl (C=O) groups is 2. The molecule has 2 amide bonds. The van der Waals surface area contributed by atoms with E-state index in [1.54, 1.807) is 0 Å². The van der Waals surface area contributed by atoms with Gasteiger partial charge in [-0.2, -0.15) is 0 Å². The summed E-state index contributed by atoms with van der Waals surface area (Å²) in [5.74, 6) is -0.457. The highest BCUT2D eigenvalue weighted by Crippen LogP contribution is 2.04. The Balaban J connectivity index is 2.35. The number of alkyl carbamates (subject to hydrolysis) is 1. The fourth-order valence-electron chi connectivity index (χ4n) is 2.43. The Morgan fingerprint density at radius 2 is 1.96 bits per heavy atom. The largest absolute Gasteiger partial charge is 0.450 e. The second kappa shape index (κ2) is 13.0. The maximum absolute atomic E-state index is 11.8. The summed E-state index contributed by atoms with van der Waals surface area (Å²) in [4.78, 5) is 23.0. The summed E-state index contributed by atoms with van der Waals surface area (Å²) < 4.78 is 5.14. The first kappa shape index (κ1) is 20.7. The van der Waals surface area contributed by atoms with Crippen molar-refractivity contribution in [2.75, 3.05) is 6.61 Å². The Morgan fingerprint density at radius 3 is 2.64 bits per heavy atom. The molecule has 25 heavy (non-hydrogen) atoms. The van der Waals surface area contributed by atoms with Crippen molar-refractivity contribution in [3.63, 3.8) is 0 Å². The molecule has 0 aliphatic heterocycles. The molecule has 0 spiro atoms. The van der Waals surface area contributed by atoms with Gasteiger partial charge in [-0.05, 0) is 24.8 Å². The first-order chi connectivity index (χ1) is 12.1. The Labute approximate surface area is 150 Å². The van der Waals surface area contributed by atoms with Crippen molar-refractivity contribution in [3.05, 3.63) is 48.0 Å². The van der Waals surface area contributed by atoms with Crippen LogP contribution in [0, 0.1) is 0 Å². The Hall–Kier alpha value is -2.30. The lowest BCUT2D eigenvalue weighted by molar-refractivity contribution is -0.118. The van der Waals surface area contributed by atoms with Crippen LogP contribution in [0.2, 0.25) is 0 Å². The van der Waals surface area contributed by atoms with Crippen molar-refractivity contribution in [2.24, 2.45) is 5.73 Å². The molecule has 1 atom stereocenters. The molecule has 0 fully saturated rings. The maximum Gasteiger partial charge on any atom is 0.407 e. The van der Waals surface area contributed by atoms with Crippen molar-refractivity contribution >= 4 is 12.0 Å². The van der Waals surface area contributed by atoms with Gasteiger partial charge in [0, 0.05) is 0 Å². The molecule has 0 saturated heterocycles. The molecule has 138 valence electrons. The third-order valence-corrected chi connectivity index (χ3v) is 3.77. The van der Waals surface area contributed by atoms with E-state index in [-0.39, 0.29) is 6.42 Å². The molecule has 1 aromatic carbocycles. The fourth-order valence-corrected chi connectivity index (χ4v) is 2.43. The van der Waals surface area contributed by atoms with Gasteiger partial charge in [-0.25, -0.2) is 4.79 Å². The second-order valence-corrected chi connectivity index (χ2v) is 6.07. The molecule has 0 bridgehead atoms. The fraction of sp³-hybridized carbons (Fsp3) is 0.500. The number of hydrogen-bond acceptors (Lipinski definition) is 3. The number of nitrogens with two attached hydrogens (primary N) is 1. The van der Waals surface area contributed by atoms with E-state index in [1.807, 2.05) is 30.4 Å². The summed E-state index contributed by atoms with van der Waals surface area (Å²) in [7, 11) is 0. The molecular formula is C20H30N2O3. The first-order valence-corrected chi connectivity index (χ1v) is 9.04. The monoisotopic (exact) mass is 346 g/mol. The standard InChI is InChI=1S/C20H30N2O3/c1-2-3-4-10-15-25-20(24)22-18(16-19(21)23)14-9-8-13-17-11-6-5-7-12-17/h5-7,9,11-12,14,18H,2-4,8,10,13,15-16H2,1H3,(H2,21,23)(H,22,24)/b14-9-/t18-/m0/s1. The Bertz CT molecular complexity index is 529. The van der Waals surface area contributed by atoms with Crippen molar-refractivity contribution in [1.82, 2.24) is 5.32 Å². The quantitative estimate of drug-likeness (QED) is 0.447. The molecule has 1 rings (SSSR count). The van der Waals surface area contributed by atoms with Gasteiger partial charge in [0.15, 0.2) is 0 Å². The lowest BCUT2D eigenvalue weighted by atomic mass is 10.1.